The Hall–Kier alpha value is -3.48. The summed E-state index contributed by atoms with van der Waals surface area (Å²) < 4.78 is 84.6. The standard InChI is InChI=1S/C22H18F6N4O3/c1-11(2-7-18-31-32-20(34-18)13-9-15(10-13)35-22(26,27)28)29-19(33)17-5-3-12-8-14(21(23,24)25)4-6-16(12)30-17/h3-6,8,13,15H,1-2,7,9-10H2,(H,29,33). The molecule has 0 bridgehead atoms. The number of hydrogen-bond acceptors (Lipinski definition) is 6. The molecule has 1 aromatic carbocycles. The lowest BCUT2D eigenvalue weighted by molar-refractivity contribution is -0.352. The Bertz CT molecular complexity index is 1250. The number of aryl methyl sites for hydroxylation is 1. The minimum atomic E-state index is -4.68. The molecule has 3 aromatic rings. The van der Waals surface area contributed by atoms with Crippen molar-refractivity contribution in [2.24, 2.45) is 0 Å². The number of fused-ring (bicyclic) bond motifs is 1. The summed E-state index contributed by atoms with van der Waals surface area (Å²) in [5, 5.41) is 10.5. The van der Waals surface area contributed by atoms with Gasteiger partial charge < -0.3 is 9.73 Å². The number of nitrogens with zero attached hydrogens (tertiary/aromatic N) is 3. The van der Waals surface area contributed by atoms with E-state index in [4.69, 9.17) is 4.42 Å². The second kappa shape index (κ2) is 9.29. The number of benzene rings is 1. The van der Waals surface area contributed by atoms with Gasteiger partial charge in [0.15, 0.2) is 0 Å². The lowest BCUT2D eigenvalue weighted by atomic mass is 9.82. The number of hydrogen-bond donors (Lipinski definition) is 1. The predicted octanol–water partition coefficient (Wildman–Crippen LogP) is 5.30. The van der Waals surface area contributed by atoms with Gasteiger partial charge in [-0.15, -0.1) is 23.4 Å². The predicted molar refractivity (Wildman–Crippen MR) is 109 cm³/mol. The zero-order valence-electron chi connectivity index (χ0n) is 17.9. The summed E-state index contributed by atoms with van der Waals surface area (Å²) in [5.41, 5.74) is -0.271. The molecule has 0 unspecified atom stereocenters. The first kappa shape index (κ1) is 24.6. The number of carbonyl (C=O) groups is 1. The lowest BCUT2D eigenvalue weighted by Gasteiger charge is -2.32. The van der Waals surface area contributed by atoms with Gasteiger partial charge in [0.25, 0.3) is 5.91 Å². The van der Waals surface area contributed by atoms with Crippen molar-refractivity contribution in [1.29, 1.82) is 0 Å². The van der Waals surface area contributed by atoms with E-state index in [1.165, 1.54) is 18.2 Å². The summed E-state index contributed by atoms with van der Waals surface area (Å²) >= 11 is 0. The number of rotatable bonds is 7. The third-order valence-corrected chi connectivity index (χ3v) is 5.41. The van der Waals surface area contributed by atoms with Gasteiger partial charge >= 0.3 is 12.5 Å². The Morgan fingerprint density at radius 2 is 1.86 bits per heavy atom. The zero-order valence-corrected chi connectivity index (χ0v) is 17.9. The van der Waals surface area contributed by atoms with Gasteiger partial charge in [0.05, 0.1) is 17.2 Å². The topological polar surface area (TPSA) is 90.1 Å². The van der Waals surface area contributed by atoms with E-state index >= 15 is 0 Å². The molecule has 2 aromatic heterocycles. The van der Waals surface area contributed by atoms with Crippen LogP contribution >= 0.6 is 0 Å². The molecule has 35 heavy (non-hydrogen) atoms. The van der Waals surface area contributed by atoms with Gasteiger partial charge in [-0.05, 0) is 43.5 Å². The van der Waals surface area contributed by atoms with Crippen molar-refractivity contribution in [3.63, 3.8) is 0 Å². The van der Waals surface area contributed by atoms with Crippen LogP contribution < -0.4 is 5.32 Å². The van der Waals surface area contributed by atoms with E-state index in [1.807, 2.05) is 0 Å². The molecule has 1 fully saturated rings. The van der Waals surface area contributed by atoms with Crippen LogP contribution in [0.4, 0.5) is 26.3 Å². The molecule has 186 valence electrons. The molecule has 0 saturated heterocycles. The van der Waals surface area contributed by atoms with Crippen LogP contribution in [0.25, 0.3) is 10.9 Å². The minimum absolute atomic E-state index is 0.000835. The molecular formula is C22H18F6N4O3. The van der Waals surface area contributed by atoms with E-state index in [0.717, 1.165) is 12.1 Å². The molecule has 1 aliphatic carbocycles. The Morgan fingerprint density at radius 3 is 2.54 bits per heavy atom. The zero-order chi connectivity index (χ0) is 25.4. The third kappa shape index (κ3) is 6.15. The second-order valence-corrected chi connectivity index (χ2v) is 8.05. The number of ether oxygens (including phenoxy) is 1. The molecule has 13 heteroatoms. The van der Waals surface area contributed by atoms with E-state index < -0.39 is 30.1 Å². The highest BCUT2D eigenvalue weighted by Gasteiger charge is 2.42. The fourth-order valence-electron chi connectivity index (χ4n) is 3.56. The van der Waals surface area contributed by atoms with Gasteiger partial charge in [-0.3, -0.25) is 9.53 Å². The molecule has 2 heterocycles. The van der Waals surface area contributed by atoms with Gasteiger partial charge in [0.1, 0.15) is 5.69 Å². The highest BCUT2D eigenvalue weighted by molar-refractivity contribution is 5.95. The van der Waals surface area contributed by atoms with E-state index in [1.54, 1.807) is 0 Å². The molecule has 0 atom stereocenters. The van der Waals surface area contributed by atoms with Gasteiger partial charge in [-0.2, -0.15) is 13.2 Å². The maximum atomic E-state index is 12.8. The molecular weight excluding hydrogens is 482 g/mol. The van der Waals surface area contributed by atoms with Crippen molar-refractivity contribution < 1.29 is 40.3 Å². The summed E-state index contributed by atoms with van der Waals surface area (Å²) in [4.78, 5) is 16.5. The lowest BCUT2D eigenvalue weighted by Crippen LogP contribution is -2.34. The average molecular weight is 500 g/mol. The van der Waals surface area contributed by atoms with E-state index in [0.29, 0.717) is 5.70 Å². The Kier molecular flexibility index (Phi) is 6.54. The molecule has 1 saturated carbocycles. The van der Waals surface area contributed by atoms with Crippen LogP contribution in [-0.2, 0) is 17.3 Å². The number of halogens is 6. The molecule has 0 radical (unpaired) electrons. The van der Waals surface area contributed by atoms with Crippen molar-refractivity contribution in [1.82, 2.24) is 20.5 Å². The van der Waals surface area contributed by atoms with Crippen LogP contribution in [0.3, 0.4) is 0 Å². The monoisotopic (exact) mass is 500 g/mol. The number of nitrogens with one attached hydrogen (secondary N) is 1. The molecule has 0 aliphatic heterocycles. The second-order valence-electron chi connectivity index (χ2n) is 8.05. The molecule has 4 rings (SSSR count). The average Bonchev–Trinajstić information content (AvgIpc) is 3.21. The van der Waals surface area contributed by atoms with Gasteiger partial charge in [-0.1, -0.05) is 12.6 Å². The fraction of sp³-hybridized carbons (Fsp3) is 0.364. The third-order valence-electron chi connectivity index (χ3n) is 5.41. The number of alkyl halides is 6. The molecule has 1 amide bonds. The van der Waals surface area contributed by atoms with Gasteiger partial charge in [0, 0.05) is 23.4 Å². The van der Waals surface area contributed by atoms with Crippen LogP contribution in [0.2, 0.25) is 0 Å². The summed E-state index contributed by atoms with van der Waals surface area (Å²) in [6, 6.07) is 5.72. The number of carbonyl (C=O) groups excluding carboxylic acids is 1. The maximum absolute atomic E-state index is 12.8. The first-order valence-corrected chi connectivity index (χ1v) is 10.4. The first-order chi connectivity index (χ1) is 16.4. The van der Waals surface area contributed by atoms with Crippen LogP contribution in [0.1, 0.15) is 53.0 Å². The normalized spacial score (nSPS) is 18.3. The Labute approximate surface area is 194 Å². The van der Waals surface area contributed by atoms with Crippen molar-refractivity contribution in [3.8, 4) is 0 Å². The smallest absolute Gasteiger partial charge is 0.425 e. The molecule has 1 N–H and O–H groups in total. The van der Waals surface area contributed by atoms with Crippen molar-refractivity contribution >= 4 is 16.8 Å². The van der Waals surface area contributed by atoms with Crippen LogP contribution in [0.5, 0.6) is 0 Å². The number of pyridine rings is 1. The van der Waals surface area contributed by atoms with Crippen molar-refractivity contribution in [2.45, 2.75) is 50.2 Å². The van der Waals surface area contributed by atoms with Gasteiger partial charge in [-0.25, -0.2) is 4.98 Å². The van der Waals surface area contributed by atoms with E-state index in [-0.39, 0.29) is 60.0 Å². The molecule has 7 nitrogen and oxygen atoms in total. The van der Waals surface area contributed by atoms with Crippen LogP contribution in [0, 0.1) is 0 Å². The molecule has 0 spiro atoms. The van der Waals surface area contributed by atoms with Crippen LogP contribution in [0.15, 0.2) is 47.0 Å². The summed E-state index contributed by atoms with van der Waals surface area (Å²) in [7, 11) is 0. The van der Waals surface area contributed by atoms with Gasteiger partial charge in [0.2, 0.25) is 11.8 Å². The van der Waals surface area contributed by atoms with E-state index in [2.05, 4.69) is 31.8 Å². The fourth-order valence-corrected chi connectivity index (χ4v) is 3.56. The highest BCUT2D eigenvalue weighted by atomic mass is 19.4. The number of amides is 1. The summed E-state index contributed by atoms with van der Waals surface area (Å²) in [6.45, 7) is 3.75. The largest absolute Gasteiger partial charge is 0.522 e. The Balaban J connectivity index is 1.28. The summed E-state index contributed by atoms with van der Waals surface area (Å²) in [5.74, 6) is -0.434. The number of allylic oxidation sites excluding steroid dienone is 1. The minimum Gasteiger partial charge on any atom is -0.425 e. The van der Waals surface area contributed by atoms with Crippen molar-refractivity contribution in [2.75, 3.05) is 0 Å². The number of aromatic nitrogens is 3. The summed E-state index contributed by atoms with van der Waals surface area (Å²) in [6.07, 6.45) is -9.38. The maximum Gasteiger partial charge on any atom is 0.522 e. The SMILES string of the molecule is C=C(CCc1nnc(C2CC(OC(F)(F)F)C2)o1)NC(=O)c1ccc2cc(C(F)(F)F)ccc2n1. The van der Waals surface area contributed by atoms with E-state index in [9.17, 15) is 31.1 Å². The Morgan fingerprint density at radius 1 is 1.11 bits per heavy atom. The first-order valence-electron chi connectivity index (χ1n) is 10.4. The van der Waals surface area contributed by atoms with Crippen LogP contribution in [-0.4, -0.2) is 33.6 Å². The highest BCUT2D eigenvalue weighted by Crippen LogP contribution is 2.40. The van der Waals surface area contributed by atoms with Crippen molar-refractivity contribution in [3.05, 3.63) is 65.6 Å². The quantitative estimate of drug-likeness (QED) is 0.443. The molecule has 1 aliphatic rings.